The fourth-order valence-electron chi connectivity index (χ4n) is 2.06. The Bertz CT molecular complexity index is 178. The van der Waals surface area contributed by atoms with Crippen LogP contribution in [0.2, 0.25) is 0 Å². The molecule has 4 heteroatoms. The molecule has 2 unspecified atom stereocenters. The molecule has 1 aliphatic heterocycles. The maximum Gasteiger partial charge on any atom is 0.0700 e. The summed E-state index contributed by atoms with van der Waals surface area (Å²) >= 11 is 0. The van der Waals surface area contributed by atoms with Crippen LogP contribution in [0.4, 0.5) is 0 Å². The normalized spacial score (nSPS) is 27.2. The Morgan fingerprint density at radius 2 is 2.12 bits per heavy atom. The van der Waals surface area contributed by atoms with E-state index in [4.69, 9.17) is 9.47 Å². The Hall–Kier alpha value is -0.160. The highest BCUT2D eigenvalue weighted by atomic mass is 16.5. The molecule has 0 aromatic carbocycles. The molecule has 0 radical (unpaired) electrons. The van der Waals surface area contributed by atoms with E-state index >= 15 is 0 Å². The highest BCUT2D eigenvalue weighted by molar-refractivity contribution is 4.76. The van der Waals surface area contributed by atoms with Crippen molar-refractivity contribution in [1.29, 1.82) is 0 Å². The van der Waals surface area contributed by atoms with E-state index in [1.165, 1.54) is 0 Å². The van der Waals surface area contributed by atoms with Crippen LogP contribution in [0.5, 0.6) is 0 Å². The molecule has 1 heterocycles. The van der Waals surface area contributed by atoms with Gasteiger partial charge in [0.15, 0.2) is 0 Å². The summed E-state index contributed by atoms with van der Waals surface area (Å²) in [5, 5.41) is 9.60. The van der Waals surface area contributed by atoms with E-state index in [-0.39, 0.29) is 6.10 Å². The Balaban J connectivity index is 1.97. The van der Waals surface area contributed by atoms with Crippen molar-refractivity contribution in [1.82, 2.24) is 4.90 Å². The van der Waals surface area contributed by atoms with Crippen LogP contribution in [0.3, 0.4) is 0 Å². The monoisotopic (exact) mass is 231 g/mol. The fourth-order valence-corrected chi connectivity index (χ4v) is 2.06. The zero-order valence-corrected chi connectivity index (χ0v) is 10.5. The quantitative estimate of drug-likeness (QED) is 0.656. The third-order valence-corrected chi connectivity index (χ3v) is 3.14. The van der Waals surface area contributed by atoms with Gasteiger partial charge in [0.05, 0.1) is 19.3 Å². The summed E-state index contributed by atoms with van der Waals surface area (Å²) in [5.41, 5.74) is 0. The molecule has 0 aliphatic carbocycles. The third-order valence-electron chi connectivity index (χ3n) is 3.14. The summed E-state index contributed by atoms with van der Waals surface area (Å²) in [6.07, 6.45) is 1.87. The van der Waals surface area contributed by atoms with Gasteiger partial charge in [-0.15, -0.1) is 0 Å². The molecule has 0 saturated carbocycles. The maximum absolute atomic E-state index is 9.60. The van der Waals surface area contributed by atoms with Crippen LogP contribution in [0.1, 0.15) is 19.8 Å². The lowest BCUT2D eigenvalue weighted by Crippen LogP contribution is -2.42. The molecule has 0 bridgehead atoms. The van der Waals surface area contributed by atoms with Gasteiger partial charge in [0, 0.05) is 33.4 Å². The number of rotatable bonds is 7. The number of hydrogen-bond donors (Lipinski definition) is 1. The molecule has 0 aromatic rings. The van der Waals surface area contributed by atoms with Crippen LogP contribution in [0.15, 0.2) is 0 Å². The molecule has 1 saturated heterocycles. The number of aliphatic hydroxyl groups is 1. The molecule has 16 heavy (non-hydrogen) atoms. The minimum Gasteiger partial charge on any atom is -0.393 e. The molecule has 0 amide bonds. The highest BCUT2D eigenvalue weighted by Gasteiger charge is 2.23. The zero-order valence-electron chi connectivity index (χ0n) is 10.5. The predicted octanol–water partition coefficient (Wildman–Crippen LogP) is 0.742. The molecule has 2 atom stereocenters. The van der Waals surface area contributed by atoms with Crippen molar-refractivity contribution in [2.24, 2.45) is 5.92 Å². The van der Waals surface area contributed by atoms with Crippen molar-refractivity contribution >= 4 is 0 Å². The van der Waals surface area contributed by atoms with Gasteiger partial charge >= 0.3 is 0 Å². The predicted molar refractivity (Wildman–Crippen MR) is 63.5 cm³/mol. The number of likely N-dealkylation sites (tertiary alicyclic amines) is 1. The zero-order chi connectivity index (χ0) is 11.8. The SMILES string of the molecule is COCCOCCCN1CCC(O)C(C)C1. The van der Waals surface area contributed by atoms with Gasteiger partial charge < -0.3 is 19.5 Å². The number of ether oxygens (including phenoxy) is 2. The smallest absolute Gasteiger partial charge is 0.0700 e. The lowest BCUT2D eigenvalue weighted by Gasteiger charge is -2.34. The molecule has 1 N–H and O–H groups in total. The van der Waals surface area contributed by atoms with Gasteiger partial charge in [-0.3, -0.25) is 0 Å². The average Bonchev–Trinajstić information content (AvgIpc) is 2.28. The molecule has 1 aliphatic rings. The first-order valence-corrected chi connectivity index (χ1v) is 6.21. The summed E-state index contributed by atoms with van der Waals surface area (Å²) in [6.45, 7) is 7.38. The van der Waals surface area contributed by atoms with Crippen LogP contribution in [0, 0.1) is 5.92 Å². The molecular weight excluding hydrogens is 206 g/mol. The Morgan fingerprint density at radius 1 is 1.31 bits per heavy atom. The van der Waals surface area contributed by atoms with Gasteiger partial charge in [-0.1, -0.05) is 6.92 Å². The standard InChI is InChI=1S/C12H25NO3/c1-11-10-13(6-4-12(11)14)5-3-7-16-9-8-15-2/h11-12,14H,3-10H2,1-2H3. The highest BCUT2D eigenvalue weighted by Crippen LogP contribution is 2.16. The fraction of sp³-hybridized carbons (Fsp3) is 1.00. The van der Waals surface area contributed by atoms with E-state index in [1.54, 1.807) is 7.11 Å². The van der Waals surface area contributed by atoms with Crippen LogP contribution >= 0.6 is 0 Å². The number of aliphatic hydroxyl groups excluding tert-OH is 1. The second-order valence-electron chi connectivity index (χ2n) is 4.59. The molecular formula is C12H25NO3. The summed E-state index contributed by atoms with van der Waals surface area (Å²) in [4.78, 5) is 2.41. The van der Waals surface area contributed by atoms with Crippen LogP contribution in [-0.2, 0) is 9.47 Å². The first-order chi connectivity index (χ1) is 7.74. The number of hydrogen-bond acceptors (Lipinski definition) is 4. The van der Waals surface area contributed by atoms with E-state index in [1.807, 2.05) is 0 Å². The summed E-state index contributed by atoms with van der Waals surface area (Å²) in [6, 6.07) is 0. The van der Waals surface area contributed by atoms with Crippen molar-refractivity contribution in [2.45, 2.75) is 25.9 Å². The lowest BCUT2D eigenvalue weighted by atomic mass is 9.97. The molecule has 0 spiro atoms. The van der Waals surface area contributed by atoms with Crippen molar-refractivity contribution in [2.75, 3.05) is 46.6 Å². The largest absolute Gasteiger partial charge is 0.393 e. The topological polar surface area (TPSA) is 41.9 Å². The van der Waals surface area contributed by atoms with E-state index in [9.17, 15) is 5.11 Å². The second-order valence-corrected chi connectivity index (χ2v) is 4.59. The van der Waals surface area contributed by atoms with Gasteiger partial charge in [0.1, 0.15) is 0 Å². The van der Waals surface area contributed by atoms with E-state index in [0.29, 0.717) is 19.1 Å². The van der Waals surface area contributed by atoms with Crippen molar-refractivity contribution in [3.8, 4) is 0 Å². The second kappa shape index (κ2) is 8.01. The van der Waals surface area contributed by atoms with Gasteiger partial charge in [-0.05, 0) is 18.8 Å². The molecule has 96 valence electrons. The molecule has 4 nitrogen and oxygen atoms in total. The van der Waals surface area contributed by atoms with Crippen LogP contribution in [-0.4, -0.2) is 62.7 Å². The summed E-state index contributed by atoms with van der Waals surface area (Å²) in [7, 11) is 1.68. The molecule has 1 rings (SSSR count). The van der Waals surface area contributed by atoms with Gasteiger partial charge in [-0.2, -0.15) is 0 Å². The molecule has 1 fully saturated rings. The van der Waals surface area contributed by atoms with Gasteiger partial charge in [0.2, 0.25) is 0 Å². The van der Waals surface area contributed by atoms with Crippen molar-refractivity contribution < 1.29 is 14.6 Å². The lowest BCUT2D eigenvalue weighted by molar-refractivity contribution is 0.0270. The molecule has 0 aromatic heterocycles. The van der Waals surface area contributed by atoms with Crippen LogP contribution in [0.25, 0.3) is 0 Å². The van der Waals surface area contributed by atoms with E-state index in [0.717, 1.165) is 39.1 Å². The van der Waals surface area contributed by atoms with Crippen molar-refractivity contribution in [3.63, 3.8) is 0 Å². The number of piperidine rings is 1. The Kier molecular flexibility index (Phi) is 6.96. The average molecular weight is 231 g/mol. The maximum atomic E-state index is 9.60. The van der Waals surface area contributed by atoms with Gasteiger partial charge in [-0.25, -0.2) is 0 Å². The van der Waals surface area contributed by atoms with E-state index in [2.05, 4.69) is 11.8 Å². The minimum atomic E-state index is -0.103. The first kappa shape index (κ1) is 13.9. The summed E-state index contributed by atoms with van der Waals surface area (Å²) in [5.74, 6) is 0.406. The van der Waals surface area contributed by atoms with E-state index < -0.39 is 0 Å². The van der Waals surface area contributed by atoms with Crippen molar-refractivity contribution in [3.05, 3.63) is 0 Å². The summed E-state index contributed by atoms with van der Waals surface area (Å²) < 4.78 is 10.3. The third kappa shape index (κ3) is 5.25. The minimum absolute atomic E-state index is 0.103. The Labute approximate surface area is 98.5 Å². The van der Waals surface area contributed by atoms with Crippen LogP contribution < -0.4 is 0 Å². The number of methoxy groups -OCH3 is 1. The Morgan fingerprint density at radius 3 is 2.81 bits per heavy atom. The number of nitrogens with zero attached hydrogens (tertiary/aromatic N) is 1. The van der Waals surface area contributed by atoms with Gasteiger partial charge in [0.25, 0.3) is 0 Å². The first-order valence-electron chi connectivity index (χ1n) is 6.21.